The summed E-state index contributed by atoms with van der Waals surface area (Å²) in [6.07, 6.45) is 2.36. The fraction of sp³-hybridized carbons (Fsp3) is 0.611. The molecule has 1 aromatic carbocycles. The highest BCUT2D eigenvalue weighted by molar-refractivity contribution is 6.32. The standard InChI is InChI=1S/C18H26ClN3O2.ClH/c1-24-17-4-2-14(12-16(17)19)3-5-18(23)22-9-6-15(13-22)21-10-7-20-8-11-21;/h2,4,12,15,20H,3,5-11,13H2,1H3;1H. The quantitative estimate of drug-likeness (QED) is 0.840. The number of piperazine rings is 1. The number of carbonyl (C=O) groups is 1. The first-order valence-electron chi connectivity index (χ1n) is 8.72. The molecule has 25 heavy (non-hydrogen) atoms. The molecule has 1 unspecified atom stereocenters. The molecule has 1 amide bonds. The average Bonchev–Trinajstić information content (AvgIpc) is 3.11. The second-order valence-electron chi connectivity index (χ2n) is 6.54. The van der Waals surface area contributed by atoms with Crippen molar-refractivity contribution in [2.45, 2.75) is 25.3 Å². The third-order valence-corrected chi connectivity index (χ3v) is 5.32. The Morgan fingerprint density at radius 2 is 2.08 bits per heavy atom. The largest absolute Gasteiger partial charge is 0.495 e. The maximum absolute atomic E-state index is 12.5. The Hall–Kier alpha value is -1.01. The van der Waals surface area contributed by atoms with Crippen LogP contribution in [0.1, 0.15) is 18.4 Å². The number of rotatable bonds is 5. The van der Waals surface area contributed by atoms with Crippen LogP contribution in [0.25, 0.3) is 0 Å². The Bertz CT molecular complexity index is 579. The Labute approximate surface area is 161 Å². The van der Waals surface area contributed by atoms with Gasteiger partial charge in [-0.2, -0.15) is 0 Å². The van der Waals surface area contributed by atoms with Gasteiger partial charge < -0.3 is 15.0 Å². The van der Waals surface area contributed by atoms with E-state index in [1.807, 2.05) is 23.1 Å². The van der Waals surface area contributed by atoms with Crippen LogP contribution in [0, 0.1) is 0 Å². The molecule has 3 rings (SSSR count). The number of nitrogens with one attached hydrogen (secondary N) is 1. The summed E-state index contributed by atoms with van der Waals surface area (Å²) in [7, 11) is 1.60. The van der Waals surface area contributed by atoms with Crippen LogP contribution in [0.4, 0.5) is 0 Å². The summed E-state index contributed by atoms with van der Waals surface area (Å²) in [5.74, 6) is 0.921. The minimum absolute atomic E-state index is 0. The fourth-order valence-corrected chi connectivity index (χ4v) is 3.87. The smallest absolute Gasteiger partial charge is 0.222 e. The third-order valence-electron chi connectivity index (χ3n) is 5.03. The second kappa shape index (κ2) is 9.62. The lowest BCUT2D eigenvalue weighted by molar-refractivity contribution is -0.130. The van der Waals surface area contributed by atoms with E-state index in [-0.39, 0.29) is 18.3 Å². The highest BCUT2D eigenvalue weighted by Crippen LogP contribution is 2.25. The molecule has 1 N–H and O–H groups in total. The summed E-state index contributed by atoms with van der Waals surface area (Å²) < 4.78 is 5.16. The lowest BCUT2D eigenvalue weighted by Gasteiger charge is -2.32. The predicted molar refractivity (Wildman–Crippen MR) is 103 cm³/mol. The maximum atomic E-state index is 12.5. The van der Waals surface area contributed by atoms with E-state index in [0.717, 1.165) is 57.7 Å². The van der Waals surface area contributed by atoms with Crippen LogP contribution in [0.3, 0.4) is 0 Å². The molecule has 0 spiro atoms. The van der Waals surface area contributed by atoms with E-state index in [9.17, 15) is 4.79 Å². The van der Waals surface area contributed by atoms with Gasteiger partial charge in [0, 0.05) is 51.7 Å². The van der Waals surface area contributed by atoms with Crippen molar-refractivity contribution in [2.75, 3.05) is 46.4 Å². The molecule has 5 nitrogen and oxygen atoms in total. The van der Waals surface area contributed by atoms with Crippen molar-refractivity contribution in [3.05, 3.63) is 28.8 Å². The fourth-order valence-electron chi connectivity index (χ4n) is 3.59. The normalized spacial score (nSPS) is 21.0. The molecular formula is C18H27Cl2N3O2. The van der Waals surface area contributed by atoms with Gasteiger partial charge in [-0.25, -0.2) is 0 Å². The number of aryl methyl sites for hydroxylation is 1. The first kappa shape index (κ1) is 20.3. The van der Waals surface area contributed by atoms with Crippen LogP contribution in [0.5, 0.6) is 5.75 Å². The van der Waals surface area contributed by atoms with E-state index in [4.69, 9.17) is 16.3 Å². The number of ether oxygens (including phenoxy) is 1. The van der Waals surface area contributed by atoms with Crippen LogP contribution in [-0.4, -0.2) is 68.1 Å². The van der Waals surface area contributed by atoms with Gasteiger partial charge in [0.05, 0.1) is 12.1 Å². The van der Waals surface area contributed by atoms with Gasteiger partial charge in [0.2, 0.25) is 5.91 Å². The summed E-state index contributed by atoms with van der Waals surface area (Å²) >= 11 is 6.15. The van der Waals surface area contributed by atoms with Gasteiger partial charge >= 0.3 is 0 Å². The second-order valence-corrected chi connectivity index (χ2v) is 6.94. The van der Waals surface area contributed by atoms with E-state index in [0.29, 0.717) is 23.2 Å². The van der Waals surface area contributed by atoms with Crippen molar-refractivity contribution in [1.29, 1.82) is 0 Å². The number of halogens is 2. The van der Waals surface area contributed by atoms with Crippen molar-refractivity contribution < 1.29 is 9.53 Å². The molecule has 2 heterocycles. The highest BCUT2D eigenvalue weighted by atomic mass is 35.5. The van der Waals surface area contributed by atoms with E-state index in [2.05, 4.69) is 10.2 Å². The van der Waals surface area contributed by atoms with Gasteiger partial charge in [0.15, 0.2) is 0 Å². The molecule has 1 atom stereocenters. The number of hydrogen-bond acceptors (Lipinski definition) is 4. The predicted octanol–water partition coefficient (Wildman–Crippen LogP) is 2.21. The molecule has 1 aromatic rings. The van der Waals surface area contributed by atoms with E-state index in [1.165, 1.54) is 0 Å². The van der Waals surface area contributed by atoms with Crippen molar-refractivity contribution in [2.24, 2.45) is 0 Å². The van der Waals surface area contributed by atoms with E-state index in [1.54, 1.807) is 7.11 Å². The zero-order valence-electron chi connectivity index (χ0n) is 14.7. The van der Waals surface area contributed by atoms with Crippen molar-refractivity contribution >= 4 is 29.9 Å². The number of hydrogen-bond donors (Lipinski definition) is 1. The highest BCUT2D eigenvalue weighted by Gasteiger charge is 2.30. The monoisotopic (exact) mass is 387 g/mol. The maximum Gasteiger partial charge on any atom is 0.222 e. The van der Waals surface area contributed by atoms with E-state index < -0.39 is 0 Å². The molecule has 2 fully saturated rings. The zero-order valence-corrected chi connectivity index (χ0v) is 16.2. The first-order valence-corrected chi connectivity index (χ1v) is 9.10. The first-order chi connectivity index (χ1) is 11.7. The number of carbonyl (C=O) groups excluding carboxylic acids is 1. The summed E-state index contributed by atoms with van der Waals surface area (Å²) in [6.45, 7) is 6.07. The molecule has 2 saturated heterocycles. The molecule has 0 bridgehead atoms. The zero-order chi connectivity index (χ0) is 16.9. The Morgan fingerprint density at radius 3 is 2.76 bits per heavy atom. The summed E-state index contributed by atoms with van der Waals surface area (Å²) in [6, 6.07) is 6.26. The molecule has 2 aliphatic heterocycles. The van der Waals surface area contributed by atoms with Gasteiger partial charge in [-0.05, 0) is 30.5 Å². The minimum atomic E-state index is 0. The average molecular weight is 388 g/mol. The molecule has 7 heteroatoms. The molecule has 140 valence electrons. The van der Waals surface area contributed by atoms with Gasteiger partial charge in [0.25, 0.3) is 0 Å². The molecule has 0 saturated carbocycles. The van der Waals surface area contributed by atoms with Crippen molar-refractivity contribution in [1.82, 2.24) is 15.1 Å². The number of methoxy groups -OCH3 is 1. The summed E-state index contributed by atoms with van der Waals surface area (Å²) in [5, 5.41) is 3.98. The number of likely N-dealkylation sites (tertiary alicyclic amines) is 1. The summed E-state index contributed by atoms with van der Waals surface area (Å²) in [4.78, 5) is 17.0. The lowest BCUT2D eigenvalue weighted by Crippen LogP contribution is -2.49. The van der Waals surface area contributed by atoms with Crippen LogP contribution >= 0.6 is 24.0 Å². The van der Waals surface area contributed by atoms with Crippen molar-refractivity contribution in [3.8, 4) is 5.75 Å². The molecule has 0 aliphatic carbocycles. The van der Waals surface area contributed by atoms with E-state index >= 15 is 0 Å². The topological polar surface area (TPSA) is 44.8 Å². The number of amides is 1. The van der Waals surface area contributed by atoms with Crippen LogP contribution in [0.2, 0.25) is 5.02 Å². The third kappa shape index (κ3) is 5.23. The Kier molecular flexibility index (Phi) is 7.81. The van der Waals surface area contributed by atoms with Crippen LogP contribution in [-0.2, 0) is 11.2 Å². The van der Waals surface area contributed by atoms with Gasteiger partial charge in [-0.1, -0.05) is 17.7 Å². The summed E-state index contributed by atoms with van der Waals surface area (Å²) in [5.41, 5.74) is 1.08. The van der Waals surface area contributed by atoms with Crippen molar-refractivity contribution in [3.63, 3.8) is 0 Å². The molecular weight excluding hydrogens is 361 g/mol. The van der Waals surface area contributed by atoms with Gasteiger partial charge in [-0.3, -0.25) is 9.69 Å². The van der Waals surface area contributed by atoms with Gasteiger partial charge in [0.1, 0.15) is 5.75 Å². The van der Waals surface area contributed by atoms with Crippen LogP contribution in [0.15, 0.2) is 18.2 Å². The minimum Gasteiger partial charge on any atom is -0.495 e. The Balaban J connectivity index is 0.00000225. The number of benzene rings is 1. The molecule has 2 aliphatic rings. The van der Waals surface area contributed by atoms with Gasteiger partial charge in [-0.15, -0.1) is 12.4 Å². The molecule has 0 radical (unpaired) electrons. The SMILES string of the molecule is COc1ccc(CCC(=O)N2CCC(N3CCNCC3)C2)cc1Cl.Cl. The Morgan fingerprint density at radius 1 is 1.32 bits per heavy atom. The number of nitrogens with zero attached hydrogens (tertiary/aromatic N) is 2. The lowest BCUT2D eigenvalue weighted by atomic mass is 10.1. The molecule has 0 aromatic heterocycles. The van der Waals surface area contributed by atoms with Crippen LogP contribution < -0.4 is 10.1 Å².